The lowest BCUT2D eigenvalue weighted by atomic mass is 9.93. The van der Waals surface area contributed by atoms with Crippen LogP contribution < -0.4 is 10.6 Å². The van der Waals surface area contributed by atoms with Crippen LogP contribution in [0.5, 0.6) is 0 Å². The zero-order chi connectivity index (χ0) is 11.1. The van der Waals surface area contributed by atoms with E-state index in [0.29, 0.717) is 23.7 Å². The van der Waals surface area contributed by atoms with Crippen LogP contribution in [-0.2, 0) is 0 Å². The van der Waals surface area contributed by atoms with Crippen LogP contribution >= 0.6 is 0 Å². The third-order valence-electron chi connectivity index (χ3n) is 3.85. The van der Waals surface area contributed by atoms with Gasteiger partial charge in [0.2, 0.25) is 0 Å². The zero-order valence-electron chi connectivity index (χ0n) is 9.01. The minimum absolute atomic E-state index is 0.293. The SMILES string of the molecule is N[C@@H]1[C@@H]2CC[C@H]1CN(c1ncncc1F)C2. The molecule has 2 bridgehead atoms. The molecule has 5 heteroatoms. The molecule has 3 atom stereocenters. The summed E-state index contributed by atoms with van der Waals surface area (Å²) in [4.78, 5) is 9.71. The molecule has 0 aromatic carbocycles. The van der Waals surface area contributed by atoms with Gasteiger partial charge in [-0.15, -0.1) is 0 Å². The van der Waals surface area contributed by atoms with Crippen LogP contribution in [0.4, 0.5) is 10.2 Å². The fourth-order valence-corrected chi connectivity index (χ4v) is 2.98. The van der Waals surface area contributed by atoms with E-state index in [1.165, 1.54) is 12.5 Å². The average molecular weight is 222 g/mol. The molecule has 1 aromatic rings. The molecule has 16 heavy (non-hydrogen) atoms. The first-order valence-corrected chi connectivity index (χ1v) is 5.71. The molecule has 1 aliphatic heterocycles. The maximum absolute atomic E-state index is 13.5. The molecule has 1 aromatic heterocycles. The first kappa shape index (κ1) is 9.96. The van der Waals surface area contributed by atoms with Crippen molar-refractivity contribution in [1.82, 2.24) is 9.97 Å². The van der Waals surface area contributed by atoms with Gasteiger partial charge in [-0.05, 0) is 24.7 Å². The first-order valence-electron chi connectivity index (χ1n) is 5.71. The van der Waals surface area contributed by atoms with Gasteiger partial charge < -0.3 is 10.6 Å². The van der Waals surface area contributed by atoms with Crippen LogP contribution in [0.2, 0.25) is 0 Å². The highest BCUT2D eigenvalue weighted by Crippen LogP contribution is 2.37. The van der Waals surface area contributed by atoms with Gasteiger partial charge in [-0.1, -0.05) is 0 Å². The number of nitrogens with zero attached hydrogens (tertiary/aromatic N) is 3. The number of fused-ring (bicyclic) bond motifs is 2. The van der Waals surface area contributed by atoms with Crippen molar-refractivity contribution in [2.45, 2.75) is 18.9 Å². The fraction of sp³-hybridized carbons (Fsp3) is 0.636. The number of halogens is 1. The summed E-state index contributed by atoms with van der Waals surface area (Å²) in [6.45, 7) is 1.65. The Labute approximate surface area is 93.7 Å². The van der Waals surface area contributed by atoms with E-state index >= 15 is 0 Å². The van der Waals surface area contributed by atoms with Crippen LogP contribution in [0, 0.1) is 17.7 Å². The van der Waals surface area contributed by atoms with E-state index in [1.807, 2.05) is 4.90 Å². The minimum atomic E-state index is -0.336. The molecule has 1 aliphatic carbocycles. The maximum Gasteiger partial charge on any atom is 0.183 e. The quantitative estimate of drug-likeness (QED) is 0.763. The van der Waals surface area contributed by atoms with Gasteiger partial charge in [-0.2, -0.15) is 0 Å². The van der Waals surface area contributed by atoms with Crippen molar-refractivity contribution in [3.05, 3.63) is 18.3 Å². The van der Waals surface area contributed by atoms with Gasteiger partial charge in [0.25, 0.3) is 0 Å². The predicted octanol–water partition coefficient (Wildman–Crippen LogP) is 0.789. The van der Waals surface area contributed by atoms with E-state index in [1.54, 1.807) is 0 Å². The monoisotopic (exact) mass is 222 g/mol. The topological polar surface area (TPSA) is 55.0 Å². The van der Waals surface area contributed by atoms with E-state index in [9.17, 15) is 4.39 Å². The number of piperidine rings is 1. The molecule has 1 saturated heterocycles. The molecule has 0 unspecified atom stereocenters. The Morgan fingerprint density at radius 1 is 1.31 bits per heavy atom. The smallest absolute Gasteiger partial charge is 0.183 e. The van der Waals surface area contributed by atoms with E-state index < -0.39 is 0 Å². The van der Waals surface area contributed by atoms with Crippen molar-refractivity contribution in [1.29, 1.82) is 0 Å². The maximum atomic E-state index is 13.5. The van der Waals surface area contributed by atoms with Crippen molar-refractivity contribution < 1.29 is 4.39 Å². The normalized spacial score (nSPS) is 33.1. The summed E-state index contributed by atoms with van der Waals surface area (Å²) in [7, 11) is 0. The van der Waals surface area contributed by atoms with E-state index in [2.05, 4.69) is 9.97 Å². The summed E-state index contributed by atoms with van der Waals surface area (Å²) in [5.74, 6) is 1.08. The van der Waals surface area contributed by atoms with Crippen LogP contribution in [0.3, 0.4) is 0 Å². The van der Waals surface area contributed by atoms with Gasteiger partial charge >= 0.3 is 0 Å². The molecule has 2 heterocycles. The second-order valence-electron chi connectivity index (χ2n) is 4.77. The molecule has 3 rings (SSSR count). The second-order valence-corrected chi connectivity index (χ2v) is 4.77. The standard InChI is InChI=1S/C11H15FN4/c12-9-3-14-6-15-11(9)16-4-7-1-2-8(5-16)10(7)13/h3,6-8,10H,1-2,4-5,13H2/t7-,8+,10-. The first-order chi connectivity index (χ1) is 7.75. The number of anilines is 1. The van der Waals surface area contributed by atoms with Gasteiger partial charge in [0.05, 0.1) is 6.20 Å². The van der Waals surface area contributed by atoms with E-state index in [0.717, 1.165) is 25.9 Å². The van der Waals surface area contributed by atoms with Gasteiger partial charge in [-0.25, -0.2) is 14.4 Å². The van der Waals surface area contributed by atoms with Gasteiger partial charge in [0.15, 0.2) is 11.6 Å². The highest BCUT2D eigenvalue weighted by molar-refractivity contribution is 5.40. The Morgan fingerprint density at radius 3 is 2.62 bits per heavy atom. The fourth-order valence-electron chi connectivity index (χ4n) is 2.98. The summed E-state index contributed by atoms with van der Waals surface area (Å²) < 4.78 is 13.5. The van der Waals surface area contributed by atoms with Crippen molar-refractivity contribution in [2.75, 3.05) is 18.0 Å². The van der Waals surface area contributed by atoms with Crippen LogP contribution in [0.1, 0.15) is 12.8 Å². The van der Waals surface area contributed by atoms with E-state index in [-0.39, 0.29) is 5.82 Å². The summed E-state index contributed by atoms with van der Waals surface area (Å²) in [5.41, 5.74) is 6.11. The molecule has 2 N–H and O–H groups in total. The number of rotatable bonds is 1. The molecule has 1 saturated carbocycles. The number of hydrogen-bond donors (Lipinski definition) is 1. The van der Waals surface area contributed by atoms with Crippen molar-refractivity contribution in [2.24, 2.45) is 17.6 Å². The second kappa shape index (κ2) is 3.66. The average Bonchev–Trinajstić information content (AvgIpc) is 2.53. The lowest BCUT2D eigenvalue weighted by molar-refractivity contribution is 0.352. The Morgan fingerprint density at radius 2 is 2.00 bits per heavy atom. The van der Waals surface area contributed by atoms with Gasteiger partial charge in [0.1, 0.15) is 6.33 Å². The lowest BCUT2D eigenvalue weighted by Gasteiger charge is -2.36. The van der Waals surface area contributed by atoms with Crippen molar-refractivity contribution in [3.8, 4) is 0 Å². The van der Waals surface area contributed by atoms with Crippen molar-refractivity contribution in [3.63, 3.8) is 0 Å². The largest absolute Gasteiger partial charge is 0.353 e. The third kappa shape index (κ3) is 1.46. The highest BCUT2D eigenvalue weighted by Gasteiger charge is 2.40. The van der Waals surface area contributed by atoms with Crippen LogP contribution in [0.15, 0.2) is 12.5 Å². The Balaban J connectivity index is 1.86. The highest BCUT2D eigenvalue weighted by atomic mass is 19.1. The van der Waals surface area contributed by atoms with Gasteiger partial charge in [-0.3, -0.25) is 0 Å². The van der Waals surface area contributed by atoms with Crippen molar-refractivity contribution >= 4 is 5.82 Å². The third-order valence-corrected chi connectivity index (χ3v) is 3.85. The molecule has 0 amide bonds. The molecular formula is C11H15FN4. The van der Waals surface area contributed by atoms with E-state index in [4.69, 9.17) is 5.73 Å². The molecule has 86 valence electrons. The number of nitrogens with two attached hydrogens (primary N) is 1. The summed E-state index contributed by atoms with van der Waals surface area (Å²) in [5, 5.41) is 0. The number of aromatic nitrogens is 2. The molecule has 4 nitrogen and oxygen atoms in total. The van der Waals surface area contributed by atoms with Crippen LogP contribution in [0.25, 0.3) is 0 Å². The minimum Gasteiger partial charge on any atom is -0.353 e. The zero-order valence-corrected chi connectivity index (χ0v) is 9.01. The summed E-state index contributed by atoms with van der Waals surface area (Å²) >= 11 is 0. The molecule has 2 aliphatic rings. The Hall–Kier alpha value is -1.23. The van der Waals surface area contributed by atoms with Gasteiger partial charge in [0, 0.05) is 19.1 Å². The Bertz CT molecular complexity index is 383. The Kier molecular flexibility index (Phi) is 2.28. The molecule has 0 radical (unpaired) electrons. The summed E-state index contributed by atoms with van der Waals surface area (Å²) in [6, 6.07) is 0.293. The molecule has 2 fully saturated rings. The molecule has 0 spiro atoms. The summed E-state index contributed by atoms with van der Waals surface area (Å²) in [6.07, 6.45) is 4.94. The molecular weight excluding hydrogens is 207 g/mol. The van der Waals surface area contributed by atoms with Crippen LogP contribution in [-0.4, -0.2) is 29.1 Å². The lowest BCUT2D eigenvalue weighted by Crippen LogP contribution is -2.49. The number of hydrogen-bond acceptors (Lipinski definition) is 4. The predicted molar refractivity (Wildman–Crippen MR) is 58.4 cm³/mol.